The van der Waals surface area contributed by atoms with Crippen LogP contribution in [0.1, 0.15) is 117 Å². The first-order valence-electron chi connectivity index (χ1n) is 25.6. The molecule has 15 nitrogen and oxygen atoms in total. The molecule has 7 fully saturated rings. The number of nitrogens with zero attached hydrogens (tertiary/aromatic N) is 5. The van der Waals surface area contributed by atoms with Crippen LogP contribution in [0.3, 0.4) is 0 Å². The number of aliphatic hydroxyl groups excluding tert-OH is 2. The zero-order valence-electron chi connectivity index (χ0n) is 40.1. The molecule has 9 atom stereocenters. The Morgan fingerprint density at radius 3 is 2.31 bits per heavy atom. The van der Waals surface area contributed by atoms with Crippen molar-refractivity contribution < 1.29 is 48.3 Å². The predicted molar refractivity (Wildman–Crippen MR) is 253 cm³/mol. The van der Waals surface area contributed by atoms with Crippen LogP contribution in [-0.2, 0) is 41.4 Å². The molecule has 3 saturated heterocycles. The Hall–Kier alpha value is -4.09. The van der Waals surface area contributed by atoms with Gasteiger partial charge in [0.2, 0.25) is 0 Å². The third kappa shape index (κ3) is 8.15. The van der Waals surface area contributed by atoms with E-state index in [1.54, 1.807) is 4.68 Å². The number of imide groups is 1. The predicted octanol–water partition coefficient (Wildman–Crippen LogP) is 6.31. The molecule has 68 heavy (non-hydrogen) atoms. The molecule has 4 saturated carbocycles. The average molecular weight is 938 g/mol. The van der Waals surface area contributed by atoms with E-state index < -0.39 is 47.3 Å². The molecule has 5 heterocycles. The smallest absolute Gasteiger partial charge is 0.261 e. The van der Waals surface area contributed by atoms with Crippen molar-refractivity contribution >= 4 is 34.1 Å². The molecule has 2 N–H and O–H groups in total. The number of benzene rings is 2. The van der Waals surface area contributed by atoms with Gasteiger partial charge in [-0.05, 0) is 99.3 Å². The molecule has 4 aliphatic carbocycles. The molecular weight excluding hydrogens is 867 g/mol. The van der Waals surface area contributed by atoms with Crippen LogP contribution in [-0.4, -0.2) is 138 Å². The van der Waals surface area contributed by atoms with Crippen LogP contribution in [0.4, 0.5) is 5.69 Å². The molecule has 3 aromatic rings. The topological polar surface area (TPSA) is 175 Å². The van der Waals surface area contributed by atoms with Gasteiger partial charge in [-0.1, -0.05) is 57.0 Å². The molecule has 4 aliphatic heterocycles. The molecular formula is C53H71N5O10. The number of amides is 2. The Balaban J connectivity index is 0.586. The number of hydrogen-bond donors (Lipinski definition) is 2. The Morgan fingerprint density at radius 1 is 0.809 bits per heavy atom. The molecule has 0 unspecified atom stereocenters. The quantitative estimate of drug-likeness (QED) is 0.0692. The number of unbranched alkanes of at least 4 members (excludes halogenated alkanes) is 3. The number of fused-ring (bicyclic) bond motifs is 2. The summed E-state index contributed by atoms with van der Waals surface area (Å²) in [4.78, 5) is 44.6. The Bertz CT molecular complexity index is 2340. The number of hydrogen-bond acceptors (Lipinski definition) is 13. The minimum Gasteiger partial charge on any atom is -0.393 e. The number of aliphatic hydroxyl groups is 2. The zero-order chi connectivity index (χ0) is 47.2. The number of anilines is 1. The summed E-state index contributed by atoms with van der Waals surface area (Å²) in [6.07, 6.45) is 11.6. The van der Waals surface area contributed by atoms with Crippen LogP contribution in [0.5, 0.6) is 0 Å². The number of carbonyl (C=O) groups excluding carboxylic acids is 3. The molecule has 4 bridgehead atoms. The minimum atomic E-state index is -1.13. The van der Waals surface area contributed by atoms with Gasteiger partial charge in [-0.2, -0.15) is 0 Å². The van der Waals surface area contributed by atoms with Crippen LogP contribution in [0.15, 0.2) is 48.7 Å². The average Bonchev–Trinajstić information content (AvgIpc) is 3.83. The lowest BCUT2D eigenvalue weighted by molar-refractivity contribution is -0.402. The number of Topliss-reactive ketones (excluding diaryl/α,β-unsaturated/α-hetero) is 1. The standard InChI is InChI=1S/C53H71N5O10/c1-34-39-31-41(59)45-52-19-12-18-51(2,3)42(52)32-43(53(45,46(34)60)47(39)61)68-50(52)67-24-10-5-4-7-13-35-33-57(55-54-35)22-25-64-27-29-66-30-28-65-26-23-58-48(62)37-15-11-14-36-40(56-20-8-6-9-21-56)17-16-38(44(36)37)49(58)63/h11,14-17,33,39,41-43,45,47,50,59,61H,1,4-10,12-13,18-32H2,2-3H3/t39-,41-,42+,43+,45-,47+,50+,52-,53+/m0/s1. The van der Waals surface area contributed by atoms with Crippen molar-refractivity contribution in [2.45, 2.75) is 128 Å². The Morgan fingerprint density at radius 2 is 1.53 bits per heavy atom. The maximum absolute atomic E-state index is 14.0. The van der Waals surface area contributed by atoms with Gasteiger partial charge in [0.15, 0.2) is 12.1 Å². The fourth-order valence-corrected chi connectivity index (χ4v) is 14.2. The second-order valence-corrected chi connectivity index (χ2v) is 21.3. The molecule has 368 valence electrons. The van der Waals surface area contributed by atoms with Crippen molar-refractivity contribution in [1.29, 1.82) is 0 Å². The van der Waals surface area contributed by atoms with E-state index in [9.17, 15) is 24.6 Å². The van der Waals surface area contributed by atoms with E-state index in [-0.39, 0.29) is 42.1 Å². The summed E-state index contributed by atoms with van der Waals surface area (Å²) in [5, 5.41) is 33.8. The summed E-state index contributed by atoms with van der Waals surface area (Å²) in [7, 11) is 0. The van der Waals surface area contributed by atoms with Gasteiger partial charge in [0, 0.05) is 70.7 Å². The van der Waals surface area contributed by atoms with Gasteiger partial charge < -0.3 is 38.8 Å². The first kappa shape index (κ1) is 47.6. The molecule has 2 spiro atoms. The summed E-state index contributed by atoms with van der Waals surface area (Å²) in [5.74, 6) is -1.22. The van der Waals surface area contributed by atoms with Crippen molar-refractivity contribution in [3.63, 3.8) is 0 Å². The maximum Gasteiger partial charge on any atom is 0.261 e. The first-order valence-corrected chi connectivity index (χ1v) is 25.6. The summed E-state index contributed by atoms with van der Waals surface area (Å²) < 4.78 is 32.4. The van der Waals surface area contributed by atoms with Crippen molar-refractivity contribution in [2.75, 3.05) is 70.8 Å². The molecule has 15 heteroatoms. The minimum absolute atomic E-state index is 0.0143. The highest BCUT2D eigenvalue weighted by Crippen LogP contribution is 2.75. The SMILES string of the molecule is C=C1C(=O)[C@]23[C@H](O)[C@H]1C[C@H](O)[C@H]2[C@]12CCCC(C)(C)[C@H]1C[C@H]3O[C@H]2OCCCCCCc1cn(CCOCCOCCOCCN2C(=O)c3cccc4c(N5CCCCC5)ccc(c34)C2=O)nn1. The summed E-state index contributed by atoms with van der Waals surface area (Å²) in [5.41, 5.74) is 2.00. The van der Waals surface area contributed by atoms with E-state index in [0.29, 0.717) is 75.7 Å². The van der Waals surface area contributed by atoms with Gasteiger partial charge in [0.25, 0.3) is 11.8 Å². The van der Waals surface area contributed by atoms with Crippen molar-refractivity contribution in [1.82, 2.24) is 19.9 Å². The number of ketones is 1. The van der Waals surface area contributed by atoms with Crippen molar-refractivity contribution in [3.05, 3.63) is 65.5 Å². The third-order valence-corrected chi connectivity index (χ3v) is 17.2. The van der Waals surface area contributed by atoms with Gasteiger partial charge in [0.05, 0.1) is 82.2 Å². The number of aromatic nitrogens is 3. The second kappa shape index (κ2) is 19.6. The van der Waals surface area contributed by atoms with E-state index in [1.165, 1.54) is 11.3 Å². The van der Waals surface area contributed by atoms with E-state index in [1.807, 2.05) is 36.5 Å². The van der Waals surface area contributed by atoms with Crippen molar-refractivity contribution in [2.24, 2.45) is 34.0 Å². The maximum atomic E-state index is 14.0. The molecule has 2 aromatic carbocycles. The van der Waals surface area contributed by atoms with Gasteiger partial charge in [0.1, 0.15) is 0 Å². The van der Waals surface area contributed by atoms with Crippen LogP contribution in [0.25, 0.3) is 10.8 Å². The monoisotopic (exact) mass is 938 g/mol. The lowest BCUT2D eigenvalue weighted by Gasteiger charge is -2.72. The number of carbonyl (C=O) groups is 3. The fraction of sp³-hybridized carbons (Fsp3) is 0.679. The highest BCUT2D eigenvalue weighted by Gasteiger charge is 2.81. The van der Waals surface area contributed by atoms with E-state index >= 15 is 0 Å². The third-order valence-electron chi connectivity index (χ3n) is 17.2. The lowest BCUT2D eigenvalue weighted by atomic mass is 9.37. The highest BCUT2D eigenvalue weighted by molar-refractivity contribution is 6.26. The molecule has 0 radical (unpaired) electrons. The number of ether oxygens (including phenoxy) is 5. The summed E-state index contributed by atoms with van der Waals surface area (Å²) >= 11 is 0. The molecule has 1 aromatic heterocycles. The molecule has 11 rings (SSSR count). The van der Waals surface area contributed by atoms with Gasteiger partial charge in [-0.25, -0.2) is 4.68 Å². The summed E-state index contributed by atoms with van der Waals surface area (Å²) in [6.45, 7) is 14.3. The van der Waals surface area contributed by atoms with Gasteiger partial charge in [-0.3, -0.25) is 19.3 Å². The highest BCUT2D eigenvalue weighted by atomic mass is 16.7. The van der Waals surface area contributed by atoms with Gasteiger partial charge in [-0.15, -0.1) is 5.10 Å². The normalized spacial score (nSPS) is 31.5. The second-order valence-electron chi connectivity index (χ2n) is 21.3. The Labute approximate surface area is 399 Å². The molecule has 2 amide bonds. The van der Waals surface area contributed by atoms with Crippen LogP contribution >= 0.6 is 0 Å². The van der Waals surface area contributed by atoms with Gasteiger partial charge >= 0.3 is 0 Å². The number of piperidine rings is 1. The first-order chi connectivity index (χ1) is 33.0. The molecule has 8 aliphatic rings. The summed E-state index contributed by atoms with van der Waals surface area (Å²) in [6, 6.07) is 9.66. The lowest BCUT2D eigenvalue weighted by Crippen LogP contribution is -2.78. The fourth-order valence-electron chi connectivity index (χ4n) is 14.2. The largest absolute Gasteiger partial charge is 0.393 e. The zero-order valence-corrected chi connectivity index (χ0v) is 40.1. The van der Waals surface area contributed by atoms with E-state index in [2.05, 4.69) is 35.6 Å². The van der Waals surface area contributed by atoms with Crippen LogP contribution < -0.4 is 4.90 Å². The number of rotatable bonds is 21. The van der Waals surface area contributed by atoms with Crippen LogP contribution in [0, 0.1) is 34.0 Å². The number of aryl methyl sites for hydroxylation is 1. The van der Waals surface area contributed by atoms with E-state index in [4.69, 9.17) is 23.7 Å². The Kier molecular flexibility index (Phi) is 13.7. The van der Waals surface area contributed by atoms with Crippen LogP contribution in [0.2, 0.25) is 0 Å². The van der Waals surface area contributed by atoms with E-state index in [0.717, 1.165) is 99.5 Å². The van der Waals surface area contributed by atoms with Crippen molar-refractivity contribution in [3.8, 4) is 0 Å².